The van der Waals surface area contributed by atoms with E-state index in [1.165, 1.54) is 174 Å². The maximum atomic E-state index is 7.33. The second kappa shape index (κ2) is 16.9. The van der Waals surface area contributed by atoms with Gasteiger partial charge in [0.2, 0.25) is 0 Å². The van der Waals surface area contributed by atoms with Gasteiger partial charge >= 0.3 is 0 Å². The van der Waals surface area contributed by atoms with E-state index in [2.05, 4.69) is 130 Å². The smallest absolute Gasteiger partial charge is 0.260 e. The SMILES string of the molecule is CSN1c2cc3c(cc2B2c4cc5c(cc4N(SC)c4cc(C6CCCCC6)cc1c42)Oc1cc(C2CCCCC2)cc2c1B5c1ccccc1O2)B1c2ccccc2Oc2cc(C4CCCCC4)cc(c21)O3. The molecule has 0 aromatic heterocycles. The summed E-state index contributed by atoms with van der Waals surface area (Å²) in [5, 5.41) is 0. The first-order valence-electron chi connectivity index (χ1n) is 27.6. The Labute approximate surface area is 439 Å². The van der Waals surface area contributed by atoms with Crippen molar-refractivity contribution in [3.8, 4) is 46.0 Å². The minimum absolute atomic E-state index is 0.0310. The monoisotopic (exact) mass is 990 g/mol. The van der Waals surface area contributed by atoms with Crippen LogP contribution < -0.4 is 76.7 Å². The topological polar surface area (TPSA) is 43.4 Å². The number of anilines is 4. The zero-order chi connectivity index (χ0) is 48.1. The van der Waals surface area contributed by atoms with E-state index < -0.39 is 0 Å². The van der Waals surface area contributed by atoms with Crippen LogP contribution in [0, 0.1) is 0 Å². The van der Waals surface area contributed by atoms with Crippen LogP contribution in [0.5, 0.6) is 46.0 Å². The van der Waals surface area contributed by atoms with E-state index in [1.54, 1.807) is 0 Å². The van der Waals surface area contributed by atoms with Gasteiger partial charge in [0.25, 0.3) is 20.1 Å². The van der Waals surface area contributed by atoms with E-state index in [9.17, 15) is 0 Å². The molecule has 3 saturated carbocycles. The predicted molar refractivity (Wildman–Crippen MR) is 308 cm³/mol. The Hall–Kier alpha value is -5.77. The second-order valence-corrected chi connectivity index (χ2v) is 23.9. The third-order valence-electron chi connectivity index (χ3n) is 18.6. The van der Waals surface area contributed by atoms with Gasteiger partial charge in [-0.15, -0.1) is 0 Å². The quantitative estimate of drug-likeness (QED) is 0.125. The number of hydrogen-bond donors (Lipinski definition) is 0. The zero-order valence-electron chi connectivity index (χ0n) is 41.8. The summed E-state index contributed by atoms with van der Waals surface area (Å²) in [6, 6.07) is 42.0. The van der Waals surface area contributed by atoms with Crippen LogP contribution >= 0.6 is 23.9 Å². The first-order valence-corrected chi connectivity index (χ1v) is 29.9. The fourth-order valence-corrected chi connectivity index (χ4v) is 16.7. The predicted octanol–water partition coefficient (Wildman–Crippen LogP) is 11.3. The van der Waals surface area contributed by atoms with Gasteiger partial charge in [-0.3, -0.25) is 8.61 Å². The number of ether oxygens (including phenoxy) is 4. The van der Waals surface area contributed by atoms with Crippen LogP contribution in [0.1, 0.15) is 131 Å². The van der Waals surface area contributed by atoms with Crippen molar-refractivity contribution in [1.29, 1.82) is 0 Å². The van der Waals surface area contributed by atoms with Crippen molar-refractivity contribution in [2.24, 2.45) is 0 Å². The molecule has 7 aromatic carbocycles. The molecule has 360 valence electrons. The van der Waals surface area contributed by atoms with Gasteiger partial charge in [-0.05, 0) is 184 Å². The molecule has 6 nitrogen and oxygen atoms in total. The molecular formula is C62H57B3N2O4S2. The molecule has 73 heavy (non-hydrogen) atoms. The number of para-hydroxylation sites is 2. The molecule has 6 aliphatic heterocycles. The van der Waals surface area contributed by atoms with Crippen molar-refractivity contribution in [1.82, 2.24) is 0 Å². The van der Waals surface area contributed by atoms with Crippen molar-refractivity contribution >= 4 is 116 Å². The first-order chi connectivity index (χ1) is 36.1. The molecule has 0 spiro atoms. The molecule has 0 N–H and O–H groups in total. The summed E-state index contributed by atoms with van der Waals surface area (Å²) in [6.07, 6.45) is 23.5. The van der Waals surface area contributed by atoms with E-state index in [0.717, 1.165) is 56.9 Å². The lowest BCUT2D eigenvalue weighted by atomic mass is 9.29. The highest BCUT2D eigenvalue weighted by Crippen LogP contribution is 2.49. The fourth-order valence-electron chi connectivity index (χ4n) is 15.3. The average molecular weight is 991 g/mol. The lowest BCUT2D eigenvalue weighted by Crippen LogP contribution is -2.65. The molecule has 3 aliphatic carbocycles. The van der Waals surface area contributed by atoms with Crippen molar-refractivity contribution in [2.75, 3.05) is 21.1 Å². The van der Waals surface area contributed by atoms with Gasteiger partial charge in [0.05, 0.1) is 22.7 Å². The normalized spacial score (nSPS) is 18.8. The number of benzene rings is 7. The highest BCUT2D eigenvalue weighted by atomic mass is 32.2. The van der Waals surface area contributed by atoms with E-state index >= 15 is 0 Å². The van der Waals surface area contributed by atoms with Crippen LogP contribution in [0.25, 0.3) is 0 Å². The number of nitrogens with zero attached hydrogens (tertiary/aromatic N) is 2. The molecule has 0 radical (unpaired) electrons. The summed E-state index contributed by atoms with van der Waals surface area (Å²) in [4.78, 5) is 0. The number of hydrogen-bond acceptors (Lipinski definition) is 8. The molecule has 11 heteroatoms. The maximum Gasteiger partial charge on any atom is 0.260 e. The minimum Gasteiger partial charge on any atom is -0.458 e. The average Bonchev–Trinajstić information content (AvgIpc) is 3.44. The summed E-state index contributed by atoms with van der Waals surface area (Å²) >= 11 is 3.64. The molecule has 0 atom stereocenters. The summed E-state index contributed by atoms with van der Waals surface area (Å²) in [5.41, 5.74) is 20.3. The summed E-state index contributed by atoms with van der Waals surface area (Å²) in [6.45, 7) is -0.111. The van der Waals surface area contributed by atoms with Gasteiger partial charge in [0, 0.05) is 35.6 Å². The Bertz CT molecular complexity index is 3260. The lowest BCUT2D eigenvalue weighted by Gasteiger charge is -2.45. The summed E-state index contributed by atoms with van der Waals surface area (Å²) in [7, 11) is 0. The highest BCUT2D eigenvalue weighted by Gasteiger charge is 2.49. The van der Waals surface area contributed by atoms with Gasteiger partial charge in [-0.2, -0.15) is 0 Å². The number of rotatable bonds is 5. The van der Waals surface area contributed by atoms with Gasteiger partial charge < -0.3 is 18.9 Å². The molecule has 9 aliphatic rings. The van der Waals surface area contributed by atoms with Crippen LogP contribution in [0.4, 0.5) is 22.7 Å². The lowest BCUT2D eigenvalue weighted by molar-refractivity contribution is 0.433. The standard InChI is InChI=1S/C62H57B3N2O4S2/c1-72-66-48-34-54-46(63-42-22-12-14-24-52(42)68-56-28-40(30-58(70-54)61(56)63)37-18-8-4-9-19-37)32-44(48)65-45-33-47-55(35-49(45)67(73-2)51-27-39(26-50(66)60(51)65)36-16-6-3-7-17-36)71-59-31-41(38-20-10-5-11-21-38)29-57-62(59)64(47)43-23-13-15-25-53(43)69-57/h12-15,22-38H,3-11,16-21H2,1-2H3. The maximum absolute atomic E-state index is 7.33. The van der Waals surface area contributed by atoms with Crippen LogP contribution in [0.3, 0.4) is 0 Å². The van der Waals surface area contributed by atoms with Crippen molar-refractivity contribution in [2.45, 2.75) is 114 Å². The molecular weight excluding hydrogens is 933 g/mol. The summed E-state index contributed by atoms with van der Waals surface area (Å²) in [5.74, 6) is 9.17. The molecule has 0 bridgehead atoms. The van der Waals surface area contributed by atoms with Crippen LogP contribution in [-0.2, 0) is 0 Å². The molecule has 16 rings (SSSR count). The Morgan fingerprint density at radius 2 is 0.699 bits per heavy atom. The van der Waals surface area contributed by atoms with Gasteiger partial charge in [0.1, 0.15) is 46.0 Å². The van der Waals surface area contributed by atoms with Crippen molar-refractivity contribution in [3.63, 3.8) is 0 Å². The molecule has 7 aromatic rings. The van der Waals surface area contributed by atoms with Crippen LogP contribution in [0.15, 0.2) is 109 Å². The molecule has 0 unspecified atom stereocenters. The van der Waals surface area contributed by atoms with Gasteiger partial charge in [-0.1, -0.05) is 106 Å². The molecule has 6 heterocycles. The highest BCUT2D eigenvalue weighted by molar-refractivity contribution is 8.00. The van der Waals surface area contributed by atoms with Crippen LogP contribution in [-0.4, -0.2) is 32.6 Å². The van der Waals surface area contributed by atoms with Gasteiger partial charge in [-0.25, -0.2) is 0 Å². The fraction of sp³-hybridized carbons (Fsp3) is 0.323. The minimum atomic E-state index is -0.0490. The Morgan fingerprint density at radius 1 is 0.342 bits per heavy atom. The zero-order valence-corrected chi connectivity index (χ0v) is 43.4. The van der Waals surface area contributed by atoms with Crippen LogP contribution in [0.2, 0.25) is 0 Å². The van der Waals surface area contributed by atoms with Crippen molar-refractivity contribution < 1.29 is 18.9 Å². The Morgan fingerprint density at radius 3 is 1.10 bits per heavy atom. The number of fused-ring (bicyclic) bond motifs is 12. The largest absolute Gasteiger partial charge is 0.458 e. The third-order valence-corrected chi connectivity index (χ3v) is 20.2. The van der Waals surface area contributed by atoms with E-state index in [1.807, 2.05) is 23.9 Å². The van der Waals surface area contributed by atoms with Gasteiger partial charge in [0.15, 0.2) is 0 Å². The van der Waals surface area contributed by atoms with E-state index in [-0.39, 0.29) is 20.1 Å². The molecule has 0 amide bonds. The second-order valence-electron chi connectivity index (χ2n) is 22.5. The van der Waals surface area contributed by atoms with E-state index in [4.69, 9.17) is 18.9 Å². The molecule has 0 saturated heterocycles. The first kappa shape index (κ1) is 43.6. The summed E-state index contributed by atoms with van der Waals surface area (Å²) < 4.78 is 33.6. The van der Waals surface area contributed by atoms with Crippen molar-refractivity contribution in [3.05, 3.63) is 126 Å². The molecule has 3 fully saturated rings. The Kier molecular flexibility index (Phi) is 10.1. The Balaban J connectivity index is 0.925. The van der Waals surface area contributed by atoms with E-state index in [0.29, 0.717) is 17.8 Å². The third kappa shape index (κ3) is 6.55.